The summed E-state index contributed by atoms with van der Waals surface area (Å²) in [6, 6.07) is 0. The summed E-state index contributed by atoms with van der Waals surface area (Å²) in [4.78, 5) is 0. The van der Waals surface area contributed by atoms with Gasteiger partial charge in [-0.25, -0.2) is 8.78 Å². The molecule has 3 saturated carbocycles. The van der Waals surface area contributed by atoms with Gasteiger partial charge in [0.05, 0.1) is 18.1 Å². The minimum Gasteiger partial charge on any atom is -0.390 e. The van der Waals surface area contributed by atoms with E-state index in [-0.39, 0.29) is 12.8 Å². The van der Waals surface area contributed by atoms with Crippen LogP contribution < -0.4 is 0 Å². The Morgan fingerprint density at radius 2 is 1.32 bits per heavy atom. The molecule has 3 rings (SSSR count). The van der Waals surface area contributed by atoms with Crippen molar-refractivity contribution in [3.8, 4) is 0 Å². The summed E-state index contributed by atoms with van der Waals surface area (Å²) >= 11 is 0. The van der Waals surface area contributed by atoms with Crippen molar-refractivity contribution in [1.82, 2.24) is 0 Å². The van der Waals surface area contributed by atoms with Crippen LogP contribution in [0.5, 0.6) is 0 Å². The predicted octanol–water partition coefficient (Wildman–Crippen LogP) is 5.18. The number of alkyl halides is 4. The van der Waals surface area contributed by atoms with Gasteiger partial charge in [0.1, 0.15) is 0 Å². The van der Waals surface area contributed by atoms with Gasteiger partial charge in [-0.1, -0.05) is 32.1 Å². The van der Waals surface area contributed by atoms with E-state index in [1.807, 2.05) is 0 Å². The fourth-order valence-electron chi connectivity index (χ4n) is 5.02. The minimum absolute atomic E-state index is 0.0449. The molecule has 1 N–H and O–H groups in total. The van der Waals surface area contributed by atoms with Crippen LogP contribution in [0.2, 0.25) is 0 Å². The van der Waals surface area contributed by atoms with Crippen LogP contribution in [-0.2, 0) is 4.74 Å². The number of hydrogen-bond acceptors (Lipinski definition) is 2. The zero-order valence-electron chi connectivity index (χ0n) is 14.7. The summed E-state index contributed by atoms with van der Waals surface area (Å²) in [5.74, 6) is 0.289. The van der Waals surface area contributed by atoms with Gasteiger partial charge >= 0.3 is 6.11 Å². The van der Waals surface area contributed by atoms with E-state index in [1.54, 1.807) is 0 Å². The highest BCUT2D eigenvalue weighted by Gasteiger charge is 2.49. The summed E-state index contributed by atoms with van der Waals surface area (Å²) in [5.41, 5.74) is 0. The fraction of sp³-hybridized carbons (Fsp3) is 1.00. The van der Waals surface area contributed by atoms with Crippen molar-refractivity contribution >= 4 is 0 Å². The van der Waals surface area contributed by atoms with Crippen molar-refractivity contribution in [3.63, 3.8) is 0 Å². The van der Waals surface area contributed by atoms with Gasteiger partial charge in [-0.2, -0.15) is 8.78 Å². The van der Waals surface area contributed by atoms with Crippen LogP contribution in [0, 0.1) is 17.8 Å². The number of ether oxygens (including phenoxy) is 1. The highest BCUT2D eigenvalue weighted by molar-refractivity contribution is 4.90. The first kappa shape index (κ1) is 19.4. The normalized spacial score (nSPS) is 41.6. The molecule has 25 heavy (non-hydrogen) atoms. The fourth-order valence-corrected chi connectivity index (χ4v) is 5.02. The third-order valence-electron chi connectivity index (χ3n) is 6.65. The van der Waals surface area contributed by atoms with E-state index >= 15 is 0 Å². The summed E-state index contributed by atoms with van der Waals surface area (Å²) in [6.45, 7) is 0. The molecule has 0 radical (unpaired) electrons. The summed E-state index contributed by atoms with van der Waals surface area (Å²) in [5, 5.41) is 9.31. The molecule has 0 bridgehead atoms. The summed E-state index contributed by atoms with van der Waals surface area (Å²) < 4.78 is 61.2. The lowest BCUT2D eigenvalue weighted by Gasteiger charge is -2.40. The van der Waals surface area contributed by atoms with Crippen LogP contribution in [0.15, 0.2) is 0 Å². The lowest BCUT2D eigenvalue weighted by atomic mass is 9.71. The van der Waals surface area contributed by atoms with E-state index in [9.17, 15) is 22.7 Å². The Morgan fingerprint density at radius 3 is 1.96 bits per heavy atom. The Balaban J connectivity index is 1.51. The number of aliphatic hydroxyl groups excluding tert-OH is 1. The molecule has 0 heterocycles. The van der Waals surface area contributed by atoms with Gasteiger partial charge in [-0.15, -0.1) is 0 Å². The third-order valence-corrected chi connectivity index (χ3v) is 6.65. The number of rotatable bonds is 4. The van der Waals surface area contributed by atoms with Gasteiger partial charge in [0.2, 0.25) is 0 Å². The average Bonchev–Trinajstić information content (AvgIpc) is 2.63. The van der Waals surface area contributed by atoms with E-state index in [0.29, 0.717) is 24.7 Å². The zero-order chi connectivity index (χ0) is 18.0. The average molecular weight is 366 g/mol. The Labute approximate surface area is 147 Å². The van der Waals surface area contributed by atoms with Crippen LogP contribution in [0.25, 0.3) is 0 Å². The molecule has 2 nitrogen and oxygen atoms in total. The SMILES string of the molecule is OC1CCC(OC(F)(F)C2CCC(C3CCCCC3)CC2)C(F)C1F. The predicted molar refractivity (Wildman–Crippen MR) is 86.9 cm³/mol. The van der Waals surface area contributed by atoms with Crippen LogP contribution in [-0.4, -0.2) is 35.8 Å². The van der Waals surface area contributed by atoms with Crippen molar-refractivity contribution in [3.05, 3.63) is 0 Å². The maximum Gasteiger partial charge on any atom is 0.358 e. The molecule has 6 heteroatoms. The van der Waals surface area contributed by atoms with E-state index in [0.717, 1.165) is 12.8 Å². The maximum absolute atomic E-state index is 14.5. The highest BCUT2D eigenvalue weighted by Crippen LogP contribution is 2.45. The van der Waals surface area contributed by atoms with Crippen molar-refractivity contribution in [2.45, 2.75) is 101 Å². The molecule has 0 aromatic heterocycles. The molecule has 0 aliphatic heterocycles. The summed E-state index contributed by atoms with van der Waals surface area (Å²) in [7, 11) is 0. The van der Waals surface area contributed by atoms with Gasteiger partial charge in [-0.3, -0.25) is 0 Å². The van der Waals surface area contributed by atoms with E-state index in [2.05, 4.69) is 0 Å². The molecular formula is C19H30F4O2. The second kappa shape index (κ2) is 8.12. The van der Waals surface area contributed by atoms with Crippen molar-refractivity contribution in [2.24, 2.45) is 17.8 Å². The number of halogens is 4. The topological polar surface area (TPSA) is 29.5 Å². The molecule has 146 valence electrons. The summed E-state index contributed by atoms with van der Waals surface area (Å²) in [6.07, 6.45) is -2.20. The molecule has 3 aliphatic carbocycles. The molecule has 4 unspecified atom stereocenters. The first-order valence-corrected chi connectivity index (χ1v) is 9.90. The monoisotopic (exact) mass is 366 g/mol. The van der Waals surface area contributed by atoms with Crippen LogP contribution in [0.4, 0.5) is 17.6 Å². The molecule has 4 atom stereocenters. The van der Waals surface area contributed by atoms with Crippen molar-refractivity contribution in [2.75, 3.05) is 0 Å². The Hall–Kier alpha value is -0.360. The highest BCUT2D eigenvalue weighted by atomic mass is 19.3. The standard InChI is InChI=1S/C19H30F4O2/c20-17-15(24)10-11-16(18(17)21)25-19(22,23)14-8-6-13(7-9-14)12-4-2-1-3-5-12/h12-18,24H,1-11H2. The van der Waals surface area contributed by atoms with Gasteiger partial charge in [-0.05, 0) is 50.4 Å². The molecule has 0 saturated heterocycles. The Kier molecular flexibility index (Phi) is 6.30. The van der Waals surface area contributed by atoms with Gasteiger partial charge in [0.25, 0.3) is 0 Å². The molecule has 3 aliphatic rings. The zero-order valence-corrected chi connectivity index (χ0v) is 14.7. The first-order chi connectivity index (χ1) is 11.9. The molecule has 0 aromatic rings. The van der Waals surface area contributed by atoms with Crippen molar-refractivity contribution < 1.29 is 27.4 Å². The van der Waals surface area contributed by atoms with Gasteiger partial charge < -0.3 is 9.84 Å². The molecule has 0 amide bonds. The molecular weight excluding hydrogens is 336 g/mol. The second-order valence-electron chi connectivity index (χ2n) is 8.26. The van der Waals surface area contributed by atoms with Crippen LogP contribution >= 0.6 is 0 Å². The smallest absolute Gasteiger partial charge is 0.358 e. The lowest BCUT2D eigenvalue weighted by molar-refractivity contribution is -0.314. The minimum atomic E-state index is -3.42. The van der Waals surface area contributed by atoms with Crippen LogP contribution in [0.3, 0.4) is 0 Å². The largest absolute Gasteiger partial charge is 0.390 e. The van der Waals surface area contributed by atoms with Crippen molar-refractivity contribution in [1.29, 1.82) is 0 Å². The molecule has 3 fully saturated rings. The molecule has 0 spiro atoms. The van der Waals surface area contributed by atoms with Crippen LogP contribution in [0.1, 0.15) is 70.6 Å². The van der Waals surface area contributed by atoms with Gasteiger partial charge in [0.15, 0.2) is 12.3 Å². The quantitative estimate of drug-likeness (QED) is 0.695. The van der Waals surface area contributed by atoms with E-state index < -0.39 is 36.6 Å². The third kappa shape index (κ3) is 4.49. The molecule has 0 aromatic carbocycles. The van der Waals surface area contributed by atoms with E-state index in [1.165, 1.54) is 32.1 Å². The lowest BCUT2D eigenvalue weighted by Crippen LogP contribution is -2.49. The Morgan fingerprint density at radius 1 is 0.720 bits per heavy atom. The maximum atomic E-state index is 14.5. The second-order valence-corrected chi connectivity index (χ2v) is 8.26. The van der Waals surface area contributed by atoms with Gasteiger partial charge in [0, 0.05) is 0 Å². The number of hydrogen-bond donors (Lipinski definition) is 1. The Bertz CT molecular complexity index is 420. The number of aliphatic hydroxyl groups is 1. The first-order valence-electron chi connectivity index (χ1n) is 9.90. The van der Waals surface area contributed by atoms with E-state index in [4.69, 9.17) is 4.74 Å².